The van der Waals surface area contributed by atoms with Gasteiger partial charge in [0, 0.05) is 24.9 Å². The highest BCUT2D eigenvalue weighted by atomic mass is 16.2. The van der Waals surface area contributed by atoms with E-state index in [9.17, 15) is 9.59 Å². The predicted octanol–water partition coefficient (Wildman–Crippen LogP) is 0.615. The topological polar surface area (TPSA) is 111 Å². The summed E-state index contributed by atoms with van der Waals surface area (Å²) in [4.78, 5) is 28.5. The van der Waals surface area contributed by atoms with Gasteiger partial charge < -0.3 is 15.5 Å². The fourth-order valence-corrected chi connectivity index (χ4v) is 1.02. The van der Waals surface area contributed by atoms with Crippen molar-refractivity contribution in [2.45, 2.75) is 32.4 Å². The van der Waals surface area contributed by atoms with Gasteiger partial charge in [0.05, 0.1) is 0 Å². The zero-order chi connectivity index (χ0) is 14.0. The van der Waals surface area contributed by atoms with Crippen molar-refractivity contribution >= 4 is 11.8 Å². The summed E-state index contributed by atoms with van der Waals surface area (Å²) in [5, 5.41) is 8.35. The molecule has 98 valence electrons. The molecule has 0 aliphatic heterocycles. The van der Waals surface area contributed by atoms with E-state index in [-0.39, 0.29) is 5.91 Å². The third kappa shape index (κ3) is 6.35. The van der Waals surface area contributed by atoms with Gasteiger partial charge in [-0.15, -0.1) is 0 Å². The summed E-state index contributed by atoms with van der Waals surface area (Å²) in [6, 6.07) is -1.49. The molecule has 0 aromatic heterocycles. The largest absolute Gasteiger partial charge is 0.354 e. The molecular weight excluding hydrogens is 236 g/mol. The summed E-state index contributed by atoms with van der Waals surface area (Å²) in [6.07, 6.45) is 0.537. The van der Waals surface area contributed by atoms with Gasteiger partial charge in [-0.05, 0) is 18.9 Å². The first-order chi connectivity index (χ1) is 8.52. The molecule has 0 bridgehead atoms. The van der Waals surface area contributed by atoms with E-state index in [0.29, 0.717) is 19.5 Å². The molecule has 0 aliphatic rings. The van der Waals surface area contributed by atoms with Crippen molar-refractivity contribution < 1.29 is 9.59 Å². The van der Waals surface area contributed by atoms with Gasteiger partial charge >= 0.3 is 5.91 Å². The monoisotopic (exact) mass is 252 g/mol. The Kier molecular flexibility index (Phi) is 7.73. The molecule has 0 rings (SSSR count). The summed E-state index contributed by atoms with van der Waals surface area (Å²) in [6.45, 7) is 10.4. The lowest BCUT2D eigenvalue weighted by Crippen LogP contribution is -2.47. The normalized spacial score (nSPS) is 12.5. The molecular formula is C10H16N6O2. The van der Waals surface area contributed by atoms with Gasteiger partial charge in [-0.2, -0.15) is 0 Å². The molecule has 0 heterocycles. The Morgan fingerprint density at radius 3 is 2.61 bits per heavy atom. The smallest absolute Gasteiger partial charge is 0.303 e. The summed E-state index contributed by atoms with van der Waals surface area (Å²) >= 11 is 0. The molecule has 2 atom stereocenters. The first-order valence-electron chi connectivity index (χ1n) is 5.48. The minimum Gasteiger partial charge on any atom is -0.354 e. The van der Waals surface area contributed by atoms with Gasteiger partial charge in [-0.3, -0.25) is 9.59 Å². The number of hydrogen-bond acceptors (Lipinski definition) is 3. The maximum atomic E-state index is 11.5. The van der Waals surface area contributed by atoms with Crippen LogP contribution in [0.1, 0.15) is 20.3 Å². The fraction of sp³-hybridized carbons (Fsp3) is 0.700. The zero-order valence-electron chi connectivity index (χ0n) is 10.4. The standard InChI is InChI=1S/C10H16N6O2/c1-7(12-3)10(18)15-8(2)9(17)13-5-4-6-14-16-11/h7-8H,4-6H2,1-2H3,(H,13,17)(H,15,18)/t7-,8+/m1/s1. The molecule has 0 aliphatic carbocycles. The van der Waals surface area contributed by atoms with Crippen LogP contribution in [0.25, 0.3) is 15.3 Å². The quantitative estimate of drug-likeness (QED) is 0.227. The molecule has 0 radical (unpaired) electrons. The first-order valence-corrected chi connectivity index (χ1v) is 5.48. The maximum absolute atomic E-state index is 11.5. The second-order valence-corrected chi connectivity index (χ2v) is 3.63. The van der Waals surface area contributed by atoms with Gasteiger partial charge in [0.2, 0.25) is 5.91 Å². The number of hydrogen-bond donors (Lipinski definition) is 2. The van der Waals surface area contributed by atoms with Crippen LogP contribution < -0.4 is 10.6 Å². The molecule has 8 nitrogen and oxygen atoms in total. The highest BCUT2D eigenvalue weighted by Crippen LogP contribution is 1.91. The number of nitrogens with one attached hydrogen (secondary N) is 2. The Morgan fingerprint density at radius 2 is 2.06 bits per heavy atom. The molecule has 0 spiro atoms. The molecule has 0 unspecified atom stereocenters. The Hall–Kier alpha value is -2.26. The number of nitrogens with zero attached hydrogens (tertiary/aromatic N) is 4. The number of amides is 2. The molecule has 2 N–H and O–H groups in total. The van der Waals surface area contributed by atoms with Gasteiger partial charge in [-0.25, -0.2) is 6.57 Å². The molecule has 0 aromatic rings. The number of azide groups is 1. The third-order valence-electron chi connectivity index (χ3n) is 2.12. The molecule has 8 heteroatoms. The van der Waals surface area contributed by atoms with Crippen molar-refractivity contribution in [3.05, 3.63) is 21.9 Å². The Labute approximate surface area is 105 Å². The lowest BCUT2D eigenvalue weighted by atomic mass is 10.2. The third-order valence-corrected chi connectivity index (χ3v) is 2.12. The Bertz CT molecular complexity index is 382. The van der Waals surface area contributed by atoms with Crippen LogP contribution in [0.5, 0.6) is 0 Å². The van der Waals surface area contributed by atoms with Crippen molar-refractivity contribution in [2.75, 3.05) is 13.1 Å². The van der Waals surface area contributed by atoms with E-state index in [1.807, 2.05) is 0 Å². The van der Waals surface area contributed by atoms with Crippen molar-refractivity contribution in [1.82, 2.24) is 10.6 Å². The number of rotatable bonds is 7. The molecule has 2 amide bonds. The highest BCUT2D eigenvalue weighted by molar-refractivity contribution is 5.89. The van der Waals surface area contributed by atoms with Gasteiger partial charge in [0.1, 0.15) is 6.04 Å². The minimum absolute atomic E-state index is 0.312. The highest BCUT2D eigenvalue weighted by Gasteiger charge is 2.21. The van der Waals surface area contributed by atoms with Crippen LogP contribution in [0.2, 0.25) is 0 Å². The summed E-state index contributed by atoms with van der Waals surface area (Å²) in [7, 11) is 0. The van der Waals surface area contributed by atoms with Crippen LogP contribution in [-0.4, -0.2) is 37.0 Å². The second-order valence-electron chi connectivity index (χ2n) is 3.63. The van der Waals surface area contributed by atoms with Gasteiger partial charge in [-0.1, -0.05) is 5.11 Å². The van der Waals surface area contributed by atoms with Gasteiger partial charge in [0.25, 0.3) is 6.04 Å². The molecule has 18 heavy (non-hydrogen) atoms. The Balaban J connectivity index is 3.93. The molecule has 0 saturated carbocycles. The predicted molar refractivity (Wildman–Crippen MR) is 65.3 cm³/mol. The van der Waals surface area contributed by atoms with Crippen molar-refractivity contribution in [1.29, 1.82) is 0 Å². The average Bonchev–Trinajstić information content (AvgIpc) is 2.36. The van der Waals surface area contributed by atoms with E-state index in [0.717, 1.165) is 0 Å². The van der Waals surface area contributed by atoms with E-state index in [1.54, 1.807) is 0 Å². The van der Waals surface area contributed by atoms with Crippen molar-refractivity contribution in [3.8, 4) is 0 Å². The van der Waals surface area contributed by atoms with E-state index < -0.39 is 18.0 Å². The molecule has 0 fully saturated rings. The van der Waals surface area contributed by atoms with Gasteiger partial charge in [0.15, 0.2) is 0 Å². The fourth-order valence-electron chi connectivity index (χ4n) is 1.02. The lowest BCUT2D eigenvalue weighted by molar-refractivity contribution is -0.128. The van der Waals surface area contributed by atoms with Crippen LogP contribution in [-0.2, 0) is 9.59 Å². The summed E-state index contributed by atoms with van der Waals surface area (Å²) in [5.74, 6) is -0.803. The van der Waals surface area contributed by atoms with Crippen LogP contribution in [0.4, 0.5) is 0 Å². The number of carbonyl (C=O) groups excluding carboxylic acids is 2. The van der Waals surface area contributed by atoms with Crippen LogP contribution in [0.15, 0.2) is 5.11 Å². The summed E-state index contributed by atoms with van der Waals surface area (Å²) in [5.41, 5.74) is 8.04. The van der Waals surface area contributed by atoms with E-state index in [4.69, 9.17) is 12.1 Å². The SMILES string of the molecule is [C-]#[N+][C@H](C)C(=O)N[C@@H](C)C(=O)NCCCN=[N+]=[N-]. The van der Waals surface area contributed by atoms with E-state index in [2.05, 4.69) is 25.5 Å². The van der Waals surface area contributed by atoms with Crippen LogP contribution >= 0.6 is 0 Å². The van der Waals surface area contributed by atoms with Crippen molar-refractivity contribution in [3.63, 3.8) is 0 Å². The van der Waals surface area contributed by atoms with Crippen LogP contribution in [0.3, 0.4) is 0 Å². The van der Waals surface area contributed by atoms with E-state index >= 15 is 0 Å². The Morgan fingerprint density at radius 1 is 1.39 bits per heavy atom. The minimum atomic E-state index is -0.801. The molecule has 0 aromatic carbocycles. The second kappa shape index (κ2) is 8.84. The van der Waals surface area contributed by atoms with E-state index in [1.165, 1.54) is 13.8 Å². The van der Waals surface area contributed by atoms with Crippen molar-refractivity contribution in [2.24, 2.45) is 5.11 Å². The zero-order valence-corrected chi connectivity index (χ0v) is 10.4. The number of carbonyl (C=O) groups is 2. The first kappa shape index (κ1) is 15.7. The lowest BCUT2D eigenvalue weighted by Gasteiger charge is -2.13. The van der Waals surface area contributed by atoms with Crippen LogP contribution in [0, 0.1) is 6.57 Å². The maximum Gasteiger partial charge on any atom is 0.303 e. The summed E-state index contributed by atoms with van der Waals surface area (Å²) < 4.78 is 0. The molecule has 0 saturated heterocycles. The average molecular weight is 252 g/mol.